The van der Waals surface area contributed by atoms with Gasteiger partial charge in [0.2, 0.25) is 0 Å². The van der Waals surface area contributed by atoms with Gasteiger partial charge in [0.1, 0.15) is 0 Å². The van der Waals surface area contributed by atoms with Gasteiger partial charge < -0.3 is 15.1 Å². The van der Waals surface area contributed by atoms with Gasteiger partial charge in [-0.25, -0.2) is 9.31 Å². The SMILES string of the molecule is Cc1cccc(NC(=O)N2CCC(c3ccn4ncc(C(=O)N5CCC(C)CC5)c4c3)CC2)c1. The first-order valence-electron chi connectivity index (χ1n) is 12.4. The molecule has 0 unspecified atom stereocenters. The molecule has 0 atom stereocenters. The number of carbonyl (C=O) groups is 2. The summed E-state index contributed by atoms with van der Waals surface area (Å²) in [5, 5.41) is 7.44. The Kier molecular flexibility index (Phi) is 6.26. The van der Waals surface area contributed by atoms with Crippen LogP contribution in [0.15, 0.2) is 48.8 Å². The average Bonchev–Trinajstić information content (AvgIpc) is 3.27. The number of pyridine rings is 1. The van der Waals surface area contributed by atoms with E-state index in [1.54, 1.807) is 10.7 Å². The number of anilines is 1. The van der Waals surface area contributed by atoms with Gasteiger partial charge in [-0.1, -0.05) is 19.1 Å². The van der Waals surface area contributed by atoms with Crippen molar-refractivity contribution in [3.63, 3.8) is 0 Å². The number of likely N-dealkylation sites (tertiary alicyclic amines) is 2. The molecule has 0 bridgehead atoms. The van der Waals surface area contributed by atoms with Crippen LogP contribution in [0, 0.1) is 12.8 Å². The second-order valence-electron chi connectivity index (χ2n) is 9.88. The molecular formula is C27H33N5O2. The molecule has 2 aromatic heterocycles. The molecule has 34 heavy (non-hydrogen) atoms. The number of rotatable bonds is 3. The summed E-state index contributed by atoms with van der Waals surface area (Å²) in [6, 6.07) is 12.1. The maximum atomic E-state index is 13.2. The normalized spacial score (nSPS) is 17.8. The molecule has 4 heterocycles. The van der Waals surface area contributed by atoms with Crippen LogP contribution in [0.4, 0.5) is 10.5 Å². The summed E-state index contributed by atoms with van der Waals surface area (Å²) in [5.41, 5.74) is 4.73. The third-order valence-electron chi connectivity index (χ3n) is 7.37. The number of aromatic nitrogens is 2. The Bertz CT molecular complexity index is 1190. The van der Waals surface area contributed by atoms with Gasteiger partial charge in [-0.3, -0.25) is 4.79 Å². The average molecular weight is 460 g/mol. The molecule has 2 saturated heterocycles. The van der Waals surface area contributed by atoms with E-state index >= 15 is 0 Å². The minimum atomic E-state index is -0.0426. The Morgan fingerprint density at radius 3 is 2.44 bits per heavy atom. The van der Waals surface area contributed by atoms with Crippen LogP contribution in [0.2, 0.25) is 0 Å². The number of amides is 3. The smallest absolute Gasteiger partial charge is 0.321 e. The zero-order valence-electron chi connectivity index (χ0n) is 20.0. The monoisotopic (exact) mass is 459 g/mol. The lowest BCUT2D eigenvalue weighted by Crippen LogP contribution is -2.40. The first-order chi connectivity index (χ1) is 16.5. The summed E-state index contributed by atoms with van der Waals surface area (Å²) in [7, 11) is 0. The Hall–Kier alpha value is -3.35. The molecule has 0 spiro atoms. The van der Waals surface area contributed by atoms with Crippen molar-refractivity contribution in [2.75, 3.05) is 31.5 Å². The van der Waals surface area contributed by atoms with E-state index in [2.05, 4.69) is 29.5 Å². The topological polar surface area (TPSA) is 70.0 Å². The van der Waals surface area contributed by atoms with Crippen molar-refractivity contribution in [2.24, 2.45) is 5.92 Å². The van der Waals surface area contributed by atoms with Crippen molar-refractivity contribution < 1.29 is 9.59 Å². The van der Waals surface area contributed by atoms with Crippen LogP contribution in [-0.2, 0) is 0 Å². The van der Waals surface area contributed by atoms with Gasteiger partial charge in [0.05, 0.1) is 17.3 Å². The molecule has 0 aliphatic carbocycles. The number of nitrogens with one attached hydrogen (secondary N) is 1. The molecule has 0 radical (unpaired) electrons. The van der Waals surface area contributed by atoms with Gasteiger partial charge in [0.15, 0.2) is 0 Å². The number of aryl methyl sites for hydroxylation is 1. The lowest BCUT2D eigenvalue weighted by Gasteiger charge is -2.32. The number of nitrogens with zero attached hydrogens (tertiary/aromatic N) is 4. The molecule has 0 saturated carbocycles. The van der Waals surface area contributed by atoms with Crippen LogP contribution in [0.5, 0.6) is 0 Å². The van der Waals surface area contributed by atoms with Crippen LogP contribution in [0.3, 0.4) is 0 Å². The zero-order chi connectivity index (χ0) is 23.7. The van der Waals surface area contributed by atoms with E-state index in [0.29, 0.717) is 30.5 Å². The van der Waals surface area contributed by atoms with Gasteiger partial charge in [0.25, 0.3) is 5.91 Å². The highest BCUT2D eigenvalue weighted by Crippen LogP contribution is 2.30. The fraction of sp³-hybridized carbons (Fsp3) is 0.444. The van der Waals surface area contributed by atoms with E-state index in [1.807, 2.05) is 47.2 Å². The molecule has 1 N–H and O–H groups in total. The van der Waals surface area contributed by atoms with Gasteiger partial charge in [-0.2, -0.15) is 5.10 Å². The Morgan fingerprint density at radius 2 is 1.71 bits per heavy atom. The highest BCUT2D eigenvalue weighted by molar-refractivity contribution is 6.00. The van der Waals surface area contributed by atoms with E-state index in [-0.39, 0.29) is 11.9 Å². The summed E-state index contributed by atoms with van der Waals surface area (Å²) < 4.78 is 1.80. The zero-order valence-corrected chi connectivity index (χ0v) is 20.0. The lowest BCUT2D eigenvalue weighted by atomic mass is 9.89. The predicted molar refractivity (Wildman–Crippen MR) is 133 cm³/mol. The van der Waals surface area contributed by atoms with Crippen LogP contribution in [0.1, 0.15) is 60.0 Å². The number of piperidine rings is 2. The van der Waals surface area contributed by atoms with Gasteiger partial charge in [-0.15, -0.1) is 0 Å². The van der Waals surface area contributed by atoms with Crippen LogP contribution < -0.4 is 5.32 Å². The Morgan fingerprint density at radius 1 is 0.971 bits per heavy atom. The Balaban J connectivity index is 1.25. The number of benzene rings is 1. The second kappa shape index (κ2) is 9.49. The van der Waals surface area contributed by atoms with E-state index in [4.69, 9.17) is 0 Å². The molecule has 1 aromatic carbocycles. The lowest BCUT2D eigenvalue weighted by molar-refractivity contribution is 0.0699. The number of fused-ring (bicyclic) bond motifs is 1. The summed E-state index contributed by atoms with van der Waals surface area (Å²) in [6.45, 7) is 7.33. The van der Waals surface area contributed by atoms with Gasteiger partial charge >= 0.3 is 6.03 Å². The fourth-order valence-corrected chi connectivity index (χ4v) is 5.14. The van der Waals surface area contributed by atoms with E-state index in [1.165, 1.54) is 5.56 Å². The van der Waals surface area contributed by atoms with Gasteiger partial charge in [0, 0.05) is 38.1 Å². The third kappa shape index (κ3) is 4.65. The van der Waals surface area contributed by atoms with Crippen molar-refractivity contribution in [1.29, 1.82) is 0 Å². The van der Waals surface area contributed by atoms with Gasteiger partial charge in [-0.05, 0) is 79.8 Å². The number of urea groups is 1. The molecule has 2 fully saturated rings. The van der Waals surface area contributed by atoms with Crippen molar-refractivity contribution in [2.45, 2.75) is 45.4 Å². The molecule has 5 rings (SSSR count). The highest BCUT2D eigenvalue weighted by Gasteiger charge is 2.26. The largest absolute Gasteiger partial charge is 0.339 e. The van der Waals surface area contributed by atoms with Crippen molar-refractivity contribution >= 4 is 23.1 Å². The number of hydrogen-bond donors (Lipinski definition) is 1. The molecular weight excluding hydrogens is 426 g/mol. The molecule has 178 valence electrons. The summed E-state index contributed by atoms with van der Waals surface area (Å²) in [4.78, 5) is 29.8. The first-order valence-corrected chi connectivity index (χ1v) is 12.4. The van der Waals surface area contributed by atoms with Crippen LogP contribution in [-0.4, -0.2) is 57.5 Å². The number of hydrogen-bond acceptors (Lipinski definition) is 3. The molecule has 2 aliphatic heterocycles. The maximum absolute atomic E-state index is 13.2. The summed E-state index contributed by atoms with van der Waals surface area (Å²) in [6.07, 6.45) is 7.59. The standard InChI is InChI=1S/C27H33N5O2/c1-19-6-11-30(12-7-19)26(33)24-18-28-32-15-10-22(17-25(24)32)21-8-13-31(14-9-21)27(34)29-23-5-3-4-20(2)16-23/h3-5,10,15-19,21H,6-9,11-14H2,1-2H3,(H,29,34). The minimum Gasteiger partial charge on any atom is -0.339 e. The Labute approximate surface area is 200 Å². The molecule has 3 aromatic rings. The quantitative estimate of drug-likeness (QED) is 0.604. The van der Waals surface area contributed by atoms with Crippen molar-refractivity contribution in [1.82, 2.24) is 19.4 Å². The summed E-state index contributed by atoms with van der Waals surface area (Å²) in [5.74, 6) is 1.13. The van der Waals surface area contributed by atoms with Crippen molar-refractivity contribution in [3.05, 3.63) is 65.5 Å². The summed E-state index contributed by atoms with van der Waals surface area (Å²) >= 11 is 0. The minimum absolute atomic E-state index is 0.0426. The third-order valence-corrected chi connectivity index (χ3v) is 7.37. The molecule has 3 amide bonds. The van der Waals surface area contributed by atoms with E-state index in [0.717, 1.165) is 55.5 Å². The van der Waals surface area contributed by atoms with E-state index < -0.39 is 0 Å². The molecule has 7 nitrogen and oxygen atoms in total. The van der Waals surface area contributed by atoms with Crippen LogP contribution in [0.25, 0.3) is 5.52 Å². The van der Waals surface area contributed by atoms with E-state index in [9.17, 15) is 9.59 Å². The molecule has 2 aliphatic rings. The number of carbonyl (C=O) groups excluding carboxylic acids is 2. The molecule has 7 heteroatoms. The highest BCUT2D eigenvalue weighted by atomic mass is 16.2. The maximum Gasteiger partial charge on any atom is 0.321 e. The van der Waals surface area contributed by atoms with Crippen LogP contribution >= 0.6 is 0 Å². The second-order valence-corrected chi connectivity index (χ2v) is 9.88. The fourth-order valence-electron chi connectivity index (χ4n) is 5.14. The predicted octanol–water partition coefficient (Wildman–Crippen LogP) is 4.93. The first kappa shape index (κ1) is 22.4. The van der Waals surface area contributed by atoms with Crippen molar-refractivity contribution in [3.8, 4) is 0 Å².